The third-order valence-electron chi connectivity index (χ3n) is 3.57. The Hall–Kier alpha value is -1.29. The van der Waals surface area contributed by atoms with Crippen molar-refractivity contribution in [2.75, 3.05) is 23.9 Å². The summed E-state index contributed by atoms with van der Waals surface area (Å²) in [5.41, 5.74) is 2.14. The van der Waals surface area contributed by atoms with Crippen LogP contribution in [0.15, 0.2) is 18.5 Å². The van der Waals surface area contributed by atoms with Crippen molar-refractivity contribution in [1.82, 2.24) is 14.6 Å². The molecule has 96 valence electrons. The van der Waals surface area contributed by atoms with Gasteiger partial charge in [-0.1, -0.05) is 0 Å². The Morgan fingerprint density at radius 1 is 1.44 bits per heavy atom. The van der Waals surface area contributed by atoms with Gasteiger partial charge in [0, 0.05) is 19.0 Å². The zero-order valence-electron chi connectivity index (χ0n) is 10.5. The van der Waals surface area contributed by atoms with E-state index in [1.807, 2.05) is 4.52 Å². The summed E-state index contributed by atoms with van der Waals surface area (Å²) in [5, 5.41) is 4.32. The molecule has 1 aliphatic rings. The first kappa shape index (κ1) is 11.8. The highest BCUT2D eigenvalue weighted by Crippen LogP contribution is 2.25. The zero-order chi connectivity index (χ0) is 12.5. The maximum Gasteiger partial charge on any atom is 0.157 e. The third-order valence-corrected chi connectivity index (χ3v) is 4.00. The fourth-order valence-electron chi connectivity index (χ4n) is 2.66. The van der Waals surface area contributed by atoms with Gasteiger partial charge in [-0.05, 0) is 43.4 Å². The summed E-state index contributed by atoms with van der Waals surface area (Å²) >= 11 is 6.00. The highest BCUT2D eigenvalue weighted by molar-refractivity contribution is 6.18. The minimum absolute atomic E-state index is 0.583. The highest BCUT2D eigenvalue weighted by atomic mass is 35.5. The second kappa shape index (κ2) is 4.76. The van der Waals surface area contributed by atoms with Crippen LogP contribution in [0.4, 0.5) is 5.82 Å². The number of hydrogen-bond donors (Lipinski definition) is 0. The monoisotopic (exact) mass is 264 g/mol. The van der Waals surface area contributed by atoms with Gasteiger partial charge in [-0.2, -0.15) is 9.61 Å². The van der Waals surface area contributed by atoms with Crippen LogP contribution in [0, 0.1) is 12.8 Å². The van der Waals surface area contributed by atoms with Crippen molar-refractivity contribution < 1.29 is 0 Å². The highest BCUT2D eigenvalue weighted by Gasteiger charge is 2.21. The number of aryl methyl sites for hydroxylation is 1. The molecule has 1 unspecified atom stereocenters. The van der Waals surface area contributed by atoms with Crippen LogP contribution in [0.5, 0.6) is 0 Å². The molecule has 0 saturated carbocycles. The predicted octanol–water partition coefficient (Wildman–Crippen LogP) is 2.49. The average Bonchev–Trinajstić information content (AvgIpc) is 2.85. The Balaban J connectivity index is 2.00. The van der Waals surface area contributed by atoms with Crippen molar-refractivity contribution >= 4 is 23.1 Å². The van der Waals surface area contributed by atoms with Crippen LogP contribution in [0.25, 0.3) is 5.65 Å². The smallest absolute Gasteiger partial charge is 0.157 e. The maximum atomic E-state index is 6.00. The average molecular weight is 265 g/mol. The minimum atomic E-state index is 0.583. The summed E-state index contributed by atoms with van der Waals surface area (Å²) in [6.07, 6.45) is 4.04. The molecular formula is C13H17ClN4. The first-order valence-corrected chi connectivity index (χ1v) is 6.92. The number of aromatic nitrogens is 3. The number of nitrogens with zero attached hydrogens (tertiary/aromatic N) is 4. The molecule has 2 aromatic rings. The lowest BCUT2D eigenvalue weighted by atomic mass is 10.00. The lowest BCUT2D eigenvalue weighted by Crippen LogP contribution is -2.37. The molecule has 0 radical (unpaired) electrons. The van der Waals surface area contributed by atoms with Gasteiger partial charge in [-0.3, -0.25) is 0 Å². The second-order valence-corrected chi connectivity index (χ2v) is 5.34. The van der Waals surface area contributed by atoms with Gasteiger partial charge >= 0.3 is 0 Å². The van der Waals surface area contributed by atoms with Crippen LogP contribution >= 0.6 is 11.6 Å². The predicted molar refractivity (Wildman–Crippen MR) is 73.4 cm³/mol. The van der Waals surface area contributed by atoms with E-state index in [1.165, 1.54) is 18.4 Å². The van der Waals surface area contributed by atoms with Crippen LogP contribution in [0.1, 0.15) is 18.4 Å². The number of piperidine rings is 1. The largest absolute Gasteiger partial charge is 0.356 e. The quantitative estimate of drug-likeness (QED) is 0.782. The van der Waals surface area contributed by atoms with Crippen LogP contribution < -0.4 is 4.90 Å². The number of halogens is 1. The Morgan fingerprint density at radius 3 is 3.17 bits per heavy atom. The SMILES string of the molecule is Cc1cc(N2CCCC(CCl)C2)n2ncnc2c1. The van der Waals surface area contributed by atoms with Gasteiger partial charge in [0.2, 0.25) is 0 Å². The van der Waals surface area contributed by atoms with Crippen molar-refractivity contribution in [3.8, 4) is 0 Å². The molecule has 5 heteroatoms. The third kappa shape index (κ3) is 2.05. The van der Waals surface area contributed by atoms with Gasteiger partial charge in [-0.15, -0.1) is 11.6 Å². The lowest BCUT2D eigenvalue weighted by Gasteiger charge is -2.33. The molecule has 18 heavy (non-hydrogen) atoms. The molecule has 0 bridgehead atoms. The van der Waals surface area contributed by atoms with E-state index in [1.54, 1.807) is 6.33 Å². The van der Waals surface area contributed by atoms with E-state index in [9.17, 15) is 0 Å². The van der Waals surface area contributed by atoms with Crippen LogP contribution in [0.2, 0.25) is 0 Å². The molecule has 0 spiro atoms. The van der Waals surface area contributed by atoms with Crippen molar-refractivity contribution in [3.05, 3.63) is 24.0 Å². The molecule has 0 aliphatic carbocycles. The van der Waals surface area contributed by atoms with Crippen molar-refractivity contribution in [3.63, 3.8) is 0 Å². The van der Waals surface area contributed by atoms with E-state index in [-0.39, 0.29) is 0 Å². The summed E-state index contributed by atoms with van der Waals surface area (Å²) in [5.74, 6) is 2.46. The molecule has 3 heterocycles. The van der Waals surface area contributed by atoms with Gasteiger partial charge in [0.25, 0.3) is 0 Å². The second-order valence-electron chi connectivity index (χ2n) is 5.03. The number of pyridine rings is 1. The zero-order valence-corrected chi connectivity index (χ0v) is 11.3. The van der Waals surface area contributed by atoms with Gasteiger partial charge in [-0.25, -0.2) is 4.98 Å². The van der Waals surface area contributed by atoms with Crippen LogP contribution in [0.3, 0.4) is 0 Å². The van der Waals surface area contributed by atoms with Crippen molar-refractivity contribution in [2.45, 2.75) is 19.8 Å². The van der Waals surface area contributed by atoms with Crippen LogP contribution in [-0.4, -0.2) is 33.6 Å². The summed E-state index contributed by atoms with van der Waals surface area (Å²) in [4.78, 5) is 6.65. The molecule has 2 aromatic heterocycles. The van der Waals surface area contributed by atoms with Crippen molar-refractivity contribution in [2.24, 2.45) is 5.92 Å². The maximum absolute atomic E-state index is 6.00. The fourth-order valence-corrected chi connectivity index (χ4v) is 2.91. The molecule has 0 amide bonds. The summed E-state index contributed by atoms with van der Waals surface area (Å²) < 4.78 is 1.92. The molecule has 0 N–H and O–H groups in total. The Labute approximate surface area is 112 Å². The van der Waals surface area contributed by atoms with E-state index in [0.29, 0.717) is 5.92 Å². The first-order valence-electron chi connectivity index (χ1n) is 6.39. The number of alkyl halides is 1. The van der Waals surface area contributed by atoms with Crippen molar-refractivity contribution in [1.29, 1.82) is 0 Å². The van der Waals surface area contributed by atoms with E-state index < -0.39 is 0 Å². The molecule has 1 saturated heterocycles. The minimum Gasteiger partial charge on any atom is -0.356 e. The Morgan fingerprint density at radius 2 is 2.33 bits per heavy atom. The molecular weight excluding hydrogens is 248 g/mol. The lowest BCUT2D eigenvalue weighted by molar-refractivity contribution is 0.447. The molecule has 3 rings (SSSR count). The van der Waals surface area contributed by atoms with Crippen LogP contribution in [-0.2, 0) is 0 Å². The van der Waals surface area contributed by atoms with Gasteiger partial charge in [0.15, 0.2) is 5.65 Å². The van der Waals surface area contributed by atoms with E-state index in [4.69, 9.17) is 11.6 Å². The molecule has 1 fully saturated rings. The standard InChI is InChI=1S/C13H17ClN4/c1-10-5-12-15-9-16-18(12)13(6-10)17-4-2-3-11(7-14)8-17/h5-6,9,11H,2-4,7-8H2,1H3. The van der Waals surface area contributed by atoms with Gasteiger partial charge in [0.05, 0.1) is 0 Å². The molecule has 4 nitrogen and oxygen atoms in total. The fraction of sp³-hybridized carbons (Fsp3) is 0.538. The molecule has 1 atom stereocenters. The van der Waals surface area contributed by atoms with E-state index in [0.717, 1.165) is 30.4 Å². The number of fused-ring (bicyclic) bond motifs is 1. The van der Waals surface area contributed by atoms with Gasteiger partial charge in [0.1, 0.15) is 12.1 Å². The summed E-state index contributed by atoms with van der Waals surface area (Å²) in [6.45, 7) is 4.19. The normalized spacial score (nSPS) is 20.6. The topological polar surface area (TPSA) is 33.4 Å². The number of anilines is 1. The molecule has 1 aliphatic heterocycles. The Kier molecular flexibility index (Phi) is 3.12. The molecule has 0 aromatic carbocycles. The van der Waals surface area contributed by atoms with Gasteiger partial charge < -0.3 is 4.90 Å². The Bertz CT molecular complexity index is 551. The summed E-state index contributed by atoms with van der Waals surface area (Å²) in [7, 11) is 0. The number of rotatable bonds is 2. The first-order chi connectivity index (χ1) is 8.78. The van der Waals surface area contributed by atoms with E-state index >= 15 is 0 Å². The number of hydrogen-bond acceptors (Lipinski definition) is 3. The summed E-state index contributed by atoms with van der Waals surface area (Å²) in [6, 6.07) is 4.23. The van der Waals surface area contributed by atoms with E-state index in [2.05, 4.69) is 34.0 Å².